The van der Waals surface area contributed by atoms with Gasteiger partial charge in [-0.05, 0) is 17.5 Å². The van der Waals surface area contributed by atoms with Gasteiger partial charge in [0.05, 0.1) is 6.61 Å². The molecule has 2 nitrogen and oxygen atoms in total. The number of fused-ring (bicyclic) bond motifs is 1. The molecule has 0 saturated carbocycles. The van der Waals surface area contributed by atoms with Gasteiger partial charge in [-0.3, -0.25) is 0 Å². The second-order valence-corrected chi connectivity index (χ2v) is 3.35. The molecule has 13 heavy (non-hydrogen) atoms. The average Bonchev–Trinajstić information content (AvgIpc) is 2.44. The van der Waals surface area contributed by atoms with Crippen LogP contribution in [0.15, 0.2) is 24.3 Å². The number of hydrogen-bond donors (Lipinski definition) is 2. The Hall–Kier alpha value is -0.570. The summed E-state index contributed by atoms with van der Waals surface area (Å²) in [7, 11) is 0. The monoisotopic (exact) mass is 199 g/mol. The van der Waals surface area contributed by atoms with Gasteiger partial charge in [0.15, 0.2) is 0 Å². The van der Waals surface area contributed by atoms with Gasteiger partial charge in [0.25, 0.3) is 0 Å². The van der Waals surface area contributed by atoms with Crippen molar-refractivity contribution in [3.05, 3.63) is 35.4 Å². The molecule has 0 spiro atoms. The van der Waals surface area contributed by atoms with E-state index in [1.807, 2.05) is 12.1 Å². The Bertz CT molecular complexity index is 290. The fraction of sp³-hybridized carbons (Fsp3) is 0.400. The minimum absolute atomic E-state index is 0. The van der Waals surface area contributed by atoms with Gasteiger partial charge in [-0.25, -0.2) is 0 Å². The molecule has 2 atom stereocenters. The van der Waals surface area contributed by atoms with E-state index in [1.54, 1.807) is 0 Å². The first-order valence-corrected chi connectivity index (χ1v) is 4.28. The van der Waals surface area contributed by atoms with Crippen molar-refractivity contribution in [2.45, 2.75) is 18.4 Å². The number of benzene rings is 1. The summed E-state index contributed by atoms with van der Waals surface area (Å²) in [6.07, 6.45) is 0.885. The lowest BCUT2D eigenvalue weighted by Crippen LogP contribution is -2.06. The normalized spacial score (nSPS) is 25.1. The Kier molecular flexibility index (Phi) is 3.31. The van der Waals surface area contributed by atoms with Crippen LogP contribution < -0.4 is 5.73 Å². The molecule has 72 valence electrons. The largest absolute Gasteiger partial charge is 0.396 e. The van der Waals surface area contributed by atoms with Gasteiger partial charge in [-0.2, -0.15) is 0 Å². The highest BCUT2D eigenvalue weighted by molar-refractivity contribution is 5.85. The maximum Gasteiger partial charge on any atom is 0.0500 e. The second kappa shape index (κ2) is 4.09. The average molecular weight is 200 g/mol. The van der Waals surface area contributed by atoms with Gasteiger partial charge < -0.3 is 10.8 Å². The van der Waals surface area contributed by atoms with Gasteiger partial charge in [-0.1, -0.05) is 24.3 Å². The Morgan fingerprint density at radius 3 is 2.54 bits per heavy atom. The summed E-state index contributed by atoms with van der Waals surface area (Å²) in [5.74, 6) is 0.260. The highest BCUT2D eigenvalue weighted by atomic mass is 35.5. The van der Waals surface area contributed by atoms with E-state index in [2.05, 4.69) is 12.1 Å². The fourth-order valence-corrected chi connectivity index (χ4v) is 1.95. The SMILES string of the molecule is Cl.N[C@H]1C[C@@H](CO)c2ccccc21. The van der Waals surface area contributed by atoms with Gasteiger partial charge in [0, 0.05) is 12.0 Å². The van der Waals surface area contributed by atoms with Crippen LogP contribution in [0.4, 0.5) is 0 Å². The Balaban J connectivity index is 0.000000845. The molecule has 0 saturated heterocycles. The van der Waals surface area contributed by atoms with Crippen LogP contribution in [0.1, 0.15) is 29.5 Å². The first-order chi connectivity index (χ1) is 5.83. The minimum Gasteiger partial charge on any atom is -0.396 e. The molecule has 1 aromatic rings. The fourth-order valence-electron chi connectivity index (χ4n) is 1.95. The van der Waals surface area contributed by atoms with E-state index < -0.39 is 0 Å². The molecule has 0 unspecified atom stereocenters. The number of aliphatic hydroxyl groups excluding tert-OH is 1. The minimum atomic E-state index is 0. The lowest BCUT2D eigenvalue weighted by molar-refractivity contribution is 0.261. The summed E-state index contributed by atoms with van der Waals surface area (Å²) in [5, 5.41) is 9.08. The lowest BCUT2D eigenvalue weighted by Gasteiger charge is -2.05. The number of aliphatic hydroxyl groups is 1. The Labute approximate surface area is 84.2 Å². The van der Waals surface area contributed by atoms with E-state index in [0.717, 1.165) is 6.42 Å². The molecule has 0 heterocycles. The Morgan fingerprint density at radius 1 is 1.31 bits per heavy atom. The quantitative estimate of drug-likeness (QED) is 0.722. The zero-order valence-corrected chi connectivity index (χ0v) is 8.13. The van der Waals surface area contributed by atoms with E-state index in [0.29, 0.717) is 0 Å². The zero-order chi connectivity index (χ0) is 8.55. The van der Waals surface area contributed by atoms with Gasteiger partial charge in [0.2, 0.25) is 0 Å². The van der Waals surface area contributed by atoms with E-state index >= 15 is 0 Å². The van der Waals surface area contributed by atoms with Crippen LogP contribution in [-0.4, -0.2) is 11.7 Å². The maximum atomic E-state index is 9.08. The molecule has 0 amide bonds. The van der Waals surface area contributed by atoms with Crippen molar-refractivity contribution < 1.29 is 5.11 Å². The standard InChI is InChI=1S/C10H13NO.ClH/c11-10-5-7(6-12)8-3-1-2-4-9(8)10;/h1-4,7,10,12H,5-6,11H2;1H/t7-,10-;/m0./s1. The smallest absolute Gasteiger partial charge is 0.0500 e. The third-order valence-corrected chi connectivity index (χ3v) is 2.59. The van der Waals surface area contributed by atoms with Crippen molar-refractivity contribution in [1.82, 2.24) is 0 Å². The number of nitrogens with two attached hydrogens (primary N) is 1. The number of halogens is 1. The Morgan fingerprint density at radius 2 is 1.92 bits per heavy atom. The van der Waals surface area contributed by atoms with Crippen molar-refractivity contribution in [2.24, 2.45) is 5.73 Å². The molecular weight excluding hydrogens is 186 g/mol. The van der Waals surface area contributed by atoms with Crippen LogP contribution in [0.25, 0.3) is 0 Å². The summed E-state index contributed by atoms with van der Waals surface area (Å²) >= 11 is 0. The number of hydrogen-bond acceptors (Lipinski definition) is 2. The number of rotatable bonds is 1. The molecule has 2 rings (SSSR count). The second-order valence-electron chi connectivity index (χ2n) is 3.35. The van der Waals surface area contributed by atoms with Crippen molar-refractivity contribution in [3.63, 3.8) is 0 Å². The highest BCUT2D eigenvalue weighted by Crippen LogP contribution is 2.37. The van der Waals surface area contributed by atoms with Crippen molar-refractivity contribution in [2.75, 3.05) is 6.61 Å². The highest BCUT2D eigenvalue weighted by Gasteiger charge is 2.26. The molecule has 1 aromatic carbocycles. The van der Waals surface area contributed by atoms with E-state index in [4.69, 9.17) is 10.8 Å². The van der Waals surface area contributed by atoms with E-state index in [1.165, 1.54) is 11.1 Å². The summed E-state index contributed by atoms with van der Waals surface area (Å²) in [6.45, 7) is 0.213. The molecule has 1 aliphatic rings. The van der Waals surface area contributed by atoms with Crippen LogP contribution in [0.2, 0.25) is 0 Å². The van der Waals surface area contributed by atoms with Crippen molar-refractivity contribution in [1.29, 1.82) is 0 Å². The molecule has 0 fully saturated rings. The first kappa shape index (κ1) is 10.5. The first-order valence-electron chi connectivity index (χ1n) is 4.28. The van der Waals surface area contributed by atoms with Crippen molar-refractivity contribution in [3.8, 4) is 0 Å². The predicted molar refractivity (Wildman–Crippen MR) is 55.1 cm³/mol. The van der Waals surface area contributed by atoms with Crippen LogP contribution in [-0.2, 0) is 0 Å². The summed E-state index contributed by atoms with van der Waals surface area (Å²) in [4.78, 5) is 0. The van der Waals surface area contributed by atoms with Crippen LogP contribution in [0, 0.1) is 0 Å². The molecule has 0 radical (unpaired) electrons. The van der Waals surface area contributed by atoms with Crippen LogP contribution in [0.5, 0.6) is 0 Å². The third kappa shape index (κ3) is 1.70. The molecular formula is C10H14ClNO. The molecule has 0 bridgehead atoms. The van der Waals surface area contributed by atoms with Crippen molar-refractivity contribution >= 4 is 12.4 Å². The lowest BCUT2D eigenvalue weighted by atomic mass is 10.0. The van der Waals surface area contributed by atoms with Crippen LogP contribution in [0.3, 0.4) is 0 Å². The summed E-state index contributed by atoms with van der Waals surface area (Å²) < 4.78 is 0. The van der Waals surface area contributed by atoms with E-state index in [9.17, 15) is 0 Å². The topological polar surface area (TPSA) is 46.2 Å². The molecule has 1 aliphatic carbocycles. The maximum absolute atomic E-state index is 9.08. The van der Waals surface area contributed by atoms with Crippen LogP contribution >= 0.6 is 12.4 Å². The summed E-state index contributed by atoms with van der Waals surface area (Å²) in [6, 6.07) is 8.23. The van der Waals surface area contributed by atoms with Gasteiger partial charge in [-0.15, -0.1) is 12.4 Å². The van der Waals surface area contributed by atoms with E-state index in [-0.39, 0.29) is 31.0 Å². The molecule has 0 aromatic heterocycles. The summed E-state index contributed by atoms with van der Waals surface area (Å²) in [5.41, 5.74) is 8.34. The molecule has 3 heteroatoms. The predicted octanol–water partition coefficient (Wildman–Crippen LogP) is 1.59. The molecule has 3 N–H and O–H groups in total. The zero-order valence-electron chi connectivity index (χ0n) is 7.31. The van der Waals surface area contributed by atoms with Gasteiger partial charge >= 0.3 is 0 Å². The third-order valence-electron chi connectivity index (χ3n) is 2.59. The molecule has 0 aliphatic heterocycles. The van der Waals surface area contributed by atoms with Gasteiger partial charge in [0.1, 0.15) is 0 Å².